The first kappa shape index (κ1) is 7.02. The zero-order valence-corrected chi connectivity index (χ0v) is 5.86. The Bertz CT molecular complexity index is 188. The van der Waals surface area contributed by atoms with Crippen LogP contribution in [0.3, 0.4) is 0 Å². The van der Waals surface area contributed by atoms with Crippen LogP contribution in [0.2, 0.25) is 0 Å². The van der Waals surface area contributed by atoms with E-state index in [1.54, 1.807) is 17.3 Å². The summed E-state index contributed by atoms with van der Waals surface area (Å²) >= 11 is 0. The van der Waals surface area contributed by atoms with Crippen LogP contribution in [-0.2, 0) is 0 Å². The van der Waals surface area contributed by atoms with E-state index in [9.17, 15) is 0 Å². The van der Waals surface area contributed by atoms with Gasteiger partial charge in [-0.1, -0.05) is 0 Å². The molecule has 3 nitrogen and oxygen atoms in total. The Morgan fingerprint density at radius 3 is 2.60 bits per heavy atom. The molecular weight excluding hydrogens is 128 g/mol. The predicted octanol–water partition coefficient (Wildman–Crippen LogP) is 0.468. The van der Waals surface area contributed by atoms with E-state index in [2.05, 4.69) is 4.98 Å². The van der Waals surface area contributed by atoms with Gasteiger partial charge in [0.2, 0.25) is 0 Å². The van der Waals surface area contributed by atoms with E-state index in [1.165, 1.54) is 0 Å². The first-order chi connectivity index (χ1) is 4.84. The summed E-state index contributed by atoms with van der Waals surface area (Å²) in [6.07, 6.45) is 3.39. The third-order valence-electron chi connectivity index (χ3n) is 1.32. The lowest BCUT2D eigenvalue weighted by Gasteiger charge is -2.14. The van der Waals surface area contributed by atoms with Crippen molar-refractivity contribution < 1.29 is 5.11 Å². The monoisotopic (exact) mass is 138 g/mol. The maximum atomic E-state index is 8.69. The molecule has 0 aliphatic heterocycles. The van der Waals surface area contributed by atoms with Crippen LogP contribution in [0, 0.1) is 0 Å². The molecule has 0 fully saturated rings. The average Bonchev–Trinajstić information content (AvgIpc) is 2.05. The molecule has 0 aromatic carbocycles. The Kier molecular flexibility index (Phi) is 2.23. The normalized spacial score (nSPS) is 9.40. The van der Waals surface area contributed by atoms with E-state index in [0.29, 0.717) is 0 Å². The van der Waals surface area contributed by atoms with Crippen LogP contribution in [-0.4, -0.2) is 23.9 Å². The first-order valence-corrected chi connectivity index (χ1v) is 3.06. The summed E-state index contributed by atoms with van der Waals surface area (Å²) < 4.78 is 0. The lowest BCUT2D eigenvalue weighted by atomic mass is 10.4. The van der Waals surface area contributed by atoms with Gasteiger partial charge in [-0.2, -0.15) is 0 Å². The second-order valence-corrected chi connectivity index (χ2v) is 2.04. The number of hydrogen-bond donors (Lipinski definition) is 1. The Morgan fingerprint density at radius 2 is 2.10 bits per heavy atom. The van der Waals surface area contributed by atoms with Crippen molar-refractivity contribution >= 4 is 5.69 Å². The standard InChI is InChI=1S/C7H10N2O/c1-9(6-10)7-2-4-8-5-3-7/h2-5,10H,6H2,1H3. The summed E-state index contributed by atoms with van der Waals surface area (Å²) in [7, 11) is 1.81. The molecule has 0 saturated carbocycles. The molecule has 0 amide bonds. The molecule has 10 heavy (non-hydrogen) atoms. The molecule has 0 bridgehead atoms. The van der Waals surface area contributed by atoms with Crippen LogP contribution < -0.4 is 4.90 Å². The number of aromatic nitrogens is 1. The molecule has 0 radical (unpaired) electrons. The van der Waals surface area contributed by atoms with Crippen molar-refractivity contribution in [3.63, 3.8) is 0 Å². The quantitative estimate of drug-likeness (QED) is 0.603. The fourth-order valence-electron chi connectivity index (χ4n) is 0.680. The minimum Gasteiger partial charge on any atom is -0.376 e. The molecule has 0 atom stereocenters. The van der Waals surface area contributed by atoms with Crippen molar-refractivity contribution in [1.29, 1.82) is 0 Å². The topological polar surface area (TPSA) is 36.4 Å². The van der Waals surface area contributed by atoms with Gasteiger partial charge in [0.05, 0.1) is 0 Å². The highest BCUT2D eigenvalue weighted by atomic mass is 16.3. The summed E-state index contributed by atoms with van der Waals surface area (Å²) in [5.41, 5.74) is 0.970. The van der Waals surface area contributed by atoms with Crippen molar-refractivity contribution in [2.75, 3.05) is 18.7 Å². The molecule has 0 spiro atoms. The molecule has 3 heteroatoms. The minimum atomic E-state index is 0.0318. The van der Waals surface area contributed by atoms with Gasteiger partial charge in [0.15, 0.2) is 0 Å². The summed E-state index contributed by atoms with van der Waals surface area (Å²) in [4.78, 5) is 5.58. The molecule has 1 rings (SSSR count). The highest BCUT2D eigenvalue weighted by molar-refractivity contribution is 5.42. The van der Waals surface area contributed by atoms with E-state index in [0.717, 1.165) is 5.69 Å². The minimum absolute atomic E-state index is 0.0318. The number of anilines is 1. The fourth-order valence-corrected chi connectivity index (χ4v) is 0.680. The van der Waals surface area contributed by atoms with E-state index in [1.807, 2.05) is 19.2 Å². The Hall–Kier alpha value is -1.09. The van der Waals surface area contributed by atoms with Crippen LogP contribution in [0.15, 0.2) is 24.5 Å². The second-order valence-electron chi connectivity index (χ2n) is 2.04. The smallest absolute Gasteiger partial charge is 0.115 e. The molecule has 1 aromatic heterocycles. The third-order valence-corrected chi connectivity index (χ3v) is 1.32. The van der Waals surface area contributed by atoms with Gasteiger partial charge in [0.25, 0.3) is 0 Å². The average molecular weight is 138 g/mol. The van der Waals surface area contributed by atoms with Gasteiger partial charge in [-0.15, -0.1) is 0 Å². The Balaban J connectivity index is 2.75. The molecule has 1 aromatic rings. The van der Waals surface area contributed by atoms with Crippen LogP contribution in [0.5, 0.6) is 0 Å². The number of hydrogen-bond acceptors (Lipinski definition) is 3. The highest BCUT2D eigenvalue weighted by Crippen LogP contribution is 2.07. The molecule has 0 saturated heterocycles. The Labute approximate surface area is 59.9 Å². The number of aliphatic hydroxyl groups is 1. The van der Waals surface area contributed by atoms with E-state index < -0.39 is 0 Å². The van der Waals surface area contributed by atoms with Gasteiger partial charge in [-0.25, -0.2) is 0 Å². The summed E-state index contributed by atoms with van der Waals surface area (Å²) in [5.74, 6) is 0. The second kappa shape index (κ2) is 3.17. The van der Waals surface area contributed by atoms with E-state index in [4.69, 9.17) is 5.11 Å². The molecule has 1 N–H and O–H groups in total. The molecule has 1 heterocycles. The summed E-state index contributed by atoms with van der Waals surface area (Å²) in [5, 5.41) is 8.69. The maximum absolute atomic E-state index is 8.69. The lowest BCUT2D eigenvalue weighted by molar-refractivity contribution is 0.298. The zero-order valence-electron chi connectivity index (χ0n) is 5.86. The van der Waals surface area contributed by atoms with Gasteiger partial charge in [0, 0.05) is 25.1 Å². The van der Waals surface area contributed by atoms with Crippen molar-refractivity contribution in [3.8, 4) is 0 Å². The van der Waals surface area contributed by atoms with E-state index >= 15 is 0 Å². The van der Waals surface area contributed by atoms with Crippen LogP contribution in [0.4, 0.5) is 5.69 Å². The van der Waals surface area contributed by atoms with Gasteiger partial charge in [-0.05, 0) is 12.1 Å². The van der Waals surface area contributed by atoms with Crippen molar-refractivity contribution in [2.45, 2.75) is 0 Å². The number of rotatable bonds is 2. The van der Waals surface area contributed by atoms with Crippen molar-refractivity contribution in [1.82, 2.24) is 4.98 Å². The van der Waals surface area contributed by atoms with Crippen LogP contribution >= 0.6 is 0 Å². The maximum Gasteiger partial charge on any atom is 0.115 e. The molecule has 0 aliphatic rings. The van der Waals surface area contributed by atoms with E-state index in [-0.39, 0.29) is 6.73 Å². The largest absolute Gasteiger partial charge is 0.376 e. The number of pyridine rings is 1. The molecule has 0 aliphatic carbocycles. The third kappa shape index (κ3) is 1.45. The van der Waals surface area contributed by atoms with Gasteiger partial charge >= 0.3 is 0 Å². The first-order valence-electron chi connectivity index (χ1n) is 3.06. The van der Waals surface area contributed by atoms with Gasteiger partial charge in [0.1, 0.15) is 6.73 Å². The van der Waals surface area contributed by atoms with Gasteiger partial charge in [-0.3, -0.25) is 4.98 Å². The van der Waals surface area contributed by atoms with Crippen LogP contribution in [0.1, 0.15) is 0 Å². The predicted molar refractivity (Wildman–Crippen MR) is 39.7 cm³/mol. The van der Waals surface area contributed by atoms with Gasteiger partial charge < -0.3 is 10.0 Å². The zero-order chi connectivity index (χ0) is 7.40. The number of aliphatic hydroxyl groups excluding tert-OH is 1. The molecule has 0 unspecified atom stereocenters. The lowest BCUT2D eigenvalue weighted by Crippen LogP contribution is -2.17. The van der Waals surface area contributed by atoms with Crippen LogP contribution in [0.25, 0.3) is 0 Å². The summed E-state index contributed by atoms with van der Waals surface area (Å²) in [6.45, 7) is 0.0318. The molecular formula is C7H10N2O. The Morgan fingerprint density at radius 1 is 1.50 bits per heavy atom. The SMILES string of the molecule is CN(CO)c1ccncc1. The highest BCUT2D eigenvalue weighted by Gasteiger charge is 1.94. The summed E-state index contributed by atoms with van der Waals surface area (Å²) in [6, 6.07) is 3.69. The van der Waals surface area contributed by atoms with Crippen molar-refractivity contribution in [2.24, 2.45) is 0 Å². The number of nitrogens with zero attached hydrogens (tertiary/aromatic N) is 2. The van der Waals surface area contributed by atoms with Crippen molar-refractivity contribution in [3.05, 3.63) is 24.5 Å². The fraction of sp³-hybridized carbons (Fsp3) is 0.286. The molecule has 54 valence electrons.